The molecule has 118 valence electrons. The van der Waals surface area contributed by atoms with Gasteiger partial charge in [0.25, 0.3) is 0 Å². The van der Waals surface area contributed by atoms with Gasteiger partial charge in [-0.05, 0) is 42.5 Å². The van der Waals surface area contributed by atoms with Crippen LogP contribution < -0.4 is 10.2 Å². The molecule has 1 aromatic heterocycles. The second-order valence-corrected chi connectivity index (χ2v) is 5.16. The van der Waals surface area contributed by atoms with Crippen molar-refractivity contribution in [3.63, 3.8) is 0 Å². The number of pyridine rings is 1. The number of hydrogen-bond donors (Lipinski definition) is 1. The topological polar surface area (TPSA) is 28.2 Å². The average molecular weight is 313 g/mol. The van der Waals surface area contributed by atoms with Crippen LogP contribution in [0.4, 0.5) is 17.1 Å². The monoisotopic (exact) mass is 313 g/mol. The van der Waals surface area contributed by atoms with Crippen LogP contribution >= 0.6 is 0 Å². The molecule has 0 spiro atoms. The van der Waals surface area contributed by atoms with E-state index in [4.69, 9.17) is 0 Å². The highest BCUT2D eigenvalue weighted by Crippen LogP contribution is 2.29. The lowest BCUT2D eigenvalue weighted by atomic mass is 10.2. The van der Waals surface area contributed by atoms with E-state index in [1.807, 2.05) is 66.7 Å². The predicted octanol–water partition coefficient (Wildman–Crippen LogP) is 5.36. The Bertz CT molecular complexity index is 757. The van der Waals surface area contributed by atoms with E-state index in [0.717, 1.165) is 22.9 Å². The predicted molar refractivity (Wildman–Crippen MR) is 101 cm³/mol. The Morgan fingerprint density at radius 3 is 2.04 bits per heavy atom. The van der Waals surface area contributed by atoms with Gasteiger partial charge < -0.3 is 5.32 Å². The van der Waals surface area contributed by atoms with Crippen LogP contribution in [0.1, 0.15) is 0 Å². The van der Waals surface area contributed by atoms with Gasteiger partial charge in [-0.25, -0.2) is 0 Å². The van der Waals surface area contributed by atoms with Crippen LogP contribution in [0.25, 0.3) is 0 Å². The number of nitrogens with one attached hydrogen (secondary N) is 1. The molecule has 1 heterocycles. The molecule has 3 nitrogen and oxygen atoms in total. The van der Waals surface area contributed by atoms with Crippen molar-refractivity contribution in [2.75, 3.05) is 10.2 Å². The minimum atomic E-state index is 0.911. The molecule has 0 aliphatic heterocycles. The molecule has 0 unspecified atom stereocenters. The van der Waals surface area contributed by atoms with E-state index in [1.54, 1.807) is 18.5 Å². The first-order chi connectivity index (χ1) is 11.9. The summed E-state index contributed by atoms with van der Waals surface area (Å²) >= 11 is 0. The van der Waals surface area contributed by atoms with Gasteiger partial charge in [0.1, 0.15) is 5.82 Å². The molecule has 24 heavy (non-hydrogen) atoms. The maximum absolute atomic E-state index is 4.12. The summed E-state index contributed by atoms with van der Waals surface area (Å²) in [5.41, 5.74) is 3.09. The summed E-state index contributed by atoms with van der Waals surface area (Å²) in [7, 11) is 0. The second kappa shape index (κ2) is 7.79. The Kier molecular flexibility index (Phi) is 5.05. The fourth-order valence-electron chi connectivity index (χ4n) is 2.45. The molecule has 0 radical (unpaired) electrons. The Balaban J connectivity index is 2.05. The normalized spacial score (nSPS) is 10.9. The lowest BCUT2D eigenvalue weighted by molar-refractivity contribution is 1.15. The summed E-state index contributed by atoms with van der Waals surface area (Å²) in [5.74, 6) is 0.911. The Morgan fingerprint density at radius 2 is 1.42 bits per heavy atom. The third-order valence-electron chi connectivity index (χ3n) is 3.50. The van der Waals surface area contributed by atoms with Crippen molar-refractivity contribution in [2.45, 2.75) is 0 Å². The van der Waals surface area contributed by atoms with Crippen LogP contribution in [0, 0.1) is 0 Å². The van der Waals surface area contributed by atoms with E-state index < -0.39 is 0 Å². The van der Waals surface area contributed by atoms with E-state index in [0.29, 0.717) is 0 Å². The molecule has 0 fully saturated rings. The van der Waals surface area contributed by atoms with E-state index >= 15 is 0 Å². The van der Waals surface area contributed by atoms with Crippen LogP contribution in [0.15, 0.2) is 110 Å². The van der Waals surface area contributed by atoms with Gasteiger partial charge >= 0.3 is 0 Å². The second-order valence-electron chi connectivity index (χ2n) is 5.16. The molecule has 0 bridgehead atoms. The van der Waals surface area contributed by atoms with E-state index in [2.05, 4.69) is 33.9 Å². The zero-order valence-corrected chi connectivity index (χ0v) is 13.3. The fourth-order valence-corrected chi connectivity index (χ4v) is 2.45. The molecule has 3 rings (SSSR count). The van der Waals surface area contributed by atoms with Crippen molar-refractivity contribution >= 4 is 17.1 Å². The molecule has 0 aliphatic carbocycles. The standard InChI is InChI=1S/C21H19N3/c1-2-9-21(23-18-10-5-3-6-11-18)24(19-12-7-4-8-13-19)20-14-16-22-17-15-20/h2-17,23H,1H2/b21-9+. The van der Waals surface area contributed by atoms with Gasteiger partial charge in [-0.2, -0.15) is 0 Å². The van der Waals surface area contributed by atoms with Crippen molar-refractivity contribution in [3.8, 4) is 0 Å². The largest absolute Gasteiger partial charge is 0.341 e. The summed E-state index contributed by atoms with van der Waals surface area (Å²) in [4.78, 5) is 6.26. The highest BCUT2D eigenvalue weighted by atomic mass is 15.3. The zero-order valence-electron chi connectivity index (χ0n) is 13.3. The molecular weight excluding hydrogens is 294 g/mol. The van der Waals surface area contributed by atoms with Gasteiger partial charge in [-0.15, -0.1) is 0 Å². The molecule has 1 N–H and O–H groups in total. The van der Waals surface area contributed by atoms with Crippen molar-refractivity contribution in [2.24, 2.45) is 0 Å². The Labute approximate surface area is 142 Å². The number of rotatable bonds is 6. The quantitative estimate of drug-likeness (QED) is 0.621. The van der Waals surface area contributed by atoms with Crippen LogP contribution in [0.2, 0.25) is 0 Å². The first-order valence-corrected chi connectivity index (χ1v) is 7.78. The average Bonchev–Trinajstić information content (AvgIpc) is 2.65. The molecule has 3 heteroatoms. The first kappa shape index (κ1) is 15.6. The number of para-hydroxylation sites is 2. The van der Waals surface area contributed by atoms with Crippen LogP contribution in [-0.2, 0) is 0 Å². The highest BCUT2D eigenvalue weighted by Gasteiger charge is 2.14. The first-order valence-electron chi connectivity index (χ1n) is 7.78. The number of allylic oxidation sites excluding steroid dienone is 2. The summed E-state index contributed by atoms with van der Waals surface area (Å²) in [6, 6.07) is 24.3. The van der Waals surface area contributed by atoms with Crippen LogP contribution in [0.5, 0.6) is 0 Å². The summed E-state index contributed by atoms with van der Waals surface area (Å²) < 4.78 is 0. The summed E-state index contributed by atoms with van der Waals surface area (Å²) in [6.07, 6.45) is 7.32. The highest BCUT2D eigenvalue weighted by molar-refractivity contribution is 5.71. The maximum Gasteiger partial charge on any atom is 0.115 e. The molecule has 0 amide bonds. The lowest BCUT2D eigenvalue weighted by Crippen LogP contribution is -2.22. The number of anilines is 3. The molecule has 2 aromatic carbocycles. The van der Waals surface area contributed by atoms with Gasteiger partial charge in [0.2, 0.25) is 0 Å². The van der Waals surface area contributed by atoms with E-state index in [9.17, 15) is 0 Å². The zero-order chi connectivity index (χ0) is 16.6. The SMILES string of the molecule is C=C/C=C(\Nc1ccccc1)N(c1ccccc1)c1ccncc1. The molecule has 0 aliphatic rings. The molecule has 0 saturated carbocycles. The van der Waals surface area contributed by atoms with Gasteiger partial charge in [0, 0.05) is 23.8 Å². The number of hydrogen-bond acceptors (Lipinski definition) is 3. The Hall–Kier alpha value is -3.33. The molecule has 0 atom stereocenters. The smallest absolute Gasteiger partial charge is 0.115 e. The number of nitrogens with zero attached hydrogens (tertiary/aromatic N) is 2. The summed E-state index contributed by atoms with van der Waals surface area (Å²) in [6.45, 7) is 3.86. The van der Waals surface area contributed by atoms with Gasteiger partial charge in [0.15, 0.2) is 0 Å². The minimum Gasteiger partial charge on any atom is -0.341 e. The van der Waals surface area contributed by atoms with Crippen molar-refractivity contribution < 1.29 is 0 Å². The maximum atomic E-state index is 4.12. The Morgan fingerprint density at radius 1 is 0.833 bits per heavy atom. The third kappa shape index (κ3) is 3.70. The summed E-state index contributed by atoms with van der Waals surface area (Å²) in [5, 5.41) is 3.47. The van der Waals surface area contributed by atoms with Crippen molar-refractivity contribution in [3.05, 3.63) is 110 Å². The van der Waals surface area contributed by atoms with E-state index in [-0.39, 0.29) is 0 Å². The minimum absolute atomic E-state index is 0.911. The number of benzene rings is 2. The molecule has 3 aromatic rings. The van der Waals surface area contributed by atoms with Gasteiger partial charge in [-0.3, -0.25) is 9.88 Å². The third-order valence-corrected chi connectivity index (χ3v) is 3.50. The van der Waals surface area contributed by atoms with Crippen molar-refractivity contribution in [1.82, 2.24) is 4.98 Å². The molecular formula is C21H19N3. The van der Waals surface area contributed by atoms with Gasteiger partial charge in [0.05, 0.1) is 5.69 Å². The fraction of sp³-hybridized carbons (Fsp3) is 0. The number of aromatic nitrogens is 1. The lowest BCUT2D eigenvalue weighted by Gasteiger charge is -2.28. The molecule has 0 saturated heterocycles. The van der Waals surface area contributed by atoms with Gasteiger partial charge in [-0.1, -0.05) is 49.1 Å². The van der Waals surface area contributed by atoms with Crippen LogP contribution in [-0.4, -0.2) is 4.98 Å². The van der Waals surface area contributed by atoms with E-state index in [1.165, 1.54) is 0 Å². The van der Waals surface area contributed by atoms with Crippen LogP contribution in [0.3, 0.4) is 0 Å². The van der Waals surface area contributed by atoms with Crippen molar-refractivity contribution in [1.29, 1.82) is 0 Å².